The van der Waals surface area contributed by atoms with E-state index < -0.39 is 0 Å². The predicted molar refractivity (Wildman–Crippen MR) is 51.0 cm³/mol. The second-order valence-electron chi connectivity index (χ2n) is 4.76. The van der Waals surface area contributed by atoms with Gasteiger partial charge in [-0.2, -0.15) is 0 Å². The Hall–Kier alpha value is -0.0800. The van der Waals surface area contributed by atoms with Crippen molar-refractivity contribution < 1.29 is 4.74 Å². The first kappa shape index (κ1) is 10.0. The van der Waals surface area contributed by atoms with E-state index in [1.54, 1.807) is 0 Å². The standard InChI is InChI=1S/C10H21NO/c1-7(2)12-9(6-11)8-5-10(8,3)4/h7-9H,5-6,11H2,1-4H3. The highest BCUT2D eigenvalue weighted by atomic mass is 16.5. The Labute approximate surface area is 75.5 Å². The SMILES string of the molecule is CC(C)OC(CN)C1CC1(C)C. The average molecular weight is 171 g/mol. The lowest BCUT2D eigenvalue weighted by atomic mass is 10.1. The first-order valence-electron chi connectivity index (χ1n) is 4.83. The van der Waals surface area contributed by atoms with Crippen LogP contribution in [0.3, 0.4) is 0 Å². The van der Waals surface area contributed by atoms with Gasteiger partial charge in [-0.15, -0.1) is 0 Å². The Morgan fingerprint density at radius 1 is 1.50 bits per heavy atom. The van der Waals surface area contributed by atoms with Gasteiger partial charge in [-0.25, -0.2) is 0 Å². The molecule has 0 amide bonds. The third-order valence-electron chi connectivity index (χ3n) is 2.72. The molecule has 72 valence electrons. The van der Waals surface area contributed by atoms with Gasteiger partial charge in [-0.1, -0.05) is 13.8 Å². The number of hydrogen-bond acceptors (Lipinski definition) is 2. The van der Waals surface area contributed by atoms with Gasteiger partial charge in [0.05, 0.1) is 12.2 Å². The number of rotatable bonds is 4. The molecule has 0 spiro atoms. The second kappa shape index (κ2) is 3.35. The normalized spacial score (nSPS) is 29.0. The topological polar surface area (TPSA) is 35.2 Å². The van der Waals surface area contributed by atoms with Crippen LogP contribution in [0.4, 0.5) is 0 Å². The summed E-state index contributed by atoms with van der Waals surface area (Å²) in [6.07, 6.45) is 1.84. The third kappa shape index (κ3) is 2.20. The van der Waals surface area contributed by atoms with Crippen molar-refractivity contribution in [1.29, 1.82) is 0 Å². The van der Waals surface area contributed by atoms with E-state index in [9.17, 15) is 0 Å². The molecular weight excluding hydrogens is 150 g/mol. The molecule has 2 N–H and O–H groups in total. The molecular formula is C10H21NO. The van der Waals surface area contributed by atoms with E-state index in [1.807, 2.05) is 0 Å². The van der Waals surface area contributed by atoms with Crippen LogP contribution < -0.4 is 5.73 Å². The molecule has 0 radical (unpaired) electrons. The molecule has 0 heterocycles. The van der Waals surface area contributed by atoms with Crippen molar-refractivity contribution in [2.24, 2.45) is 17.1 Å². The molecule has 1 saturated carbocycles. The first-order valence-corrected chi connectivity index (χ1v) is 4.83. The van der Waals surface area contributed by atoms with Crippen molar-refractivity contribution in [3.05, 3.63) is 0 Å². The fourth-order valence-electron chi connectivity index (χ4n) is 1.81. The summed E-state index contributed by atoms with van der Waals surface area (Å²) in [6, 6.07) is 0. The molecule has 1 fully saturated rings. The van der Waals surface area contributed by atoms with Crippen LogP contribution in [0.5, 0.6) is 0 Å². The van der Waals surface area contributed by atoms with E-state index in [2.05, 4.69) is 27.7 Å². The lowest BCUT2D eigenvalue weighted by Crippen LogP contribution is -2.30. The Morgan fingerprint density at radius 3 is 2.25 bits per heavy atom. The highest BCUT2D eigenvalue weighted by Crippen LogP contribution is 2.54. The van der Waals surface area contributed by atoms with Gasteiger partial charge < -0.3 is 10.5 Å². The summed E-state index contributed by atoms with van der Waals surface area (Å²) < 4.78 is 5.73. The van der Waals surface area contributed by atoms with Gasteiger partial charge in [-0.05, 0) is 31.6 Å². The van der Waals surface area contributed by atoms with Gasteiger partial charge >= 0.3 is 0 Å². The van der Waals surface area contributed by atoms with Crippen LogP contribution >= 0.6 is 0 Å². The van der Waals surface area contributed by atoms with Crippen LogP contribution in [0.2, 0.25) is 0 Å². The molecule has 0 aromatic heterocycles. The minimum Gasteiger partial charge on any atom is -0.374 e. The van der Waals surface area contributed by atoms with Crippen molar-refractivity contribution in [3.8, 4) is 0 Å². The molecule has 12 heavy (non-hydrogen) atoms. The van der Waals surface area contributed by atoms with E-state index in [0.29, 0.717) is 24.0 Å². The second-order valence-corrected chi connectivity index (χ2v) is 4.76. The van der Waals surface area contributed by atoms with Crippen LogP contribution in [-0.2, 0) is 4.74 Å². The molecule has 0 aromatic rings. The van der Waals surface area contributed by atoms with Crippen molar-refractivity contribution in [2.45, 2.75) is 46.3 Å². The van der Waals surface area contributed by atoms with Crippen LogP contribution in [0.25, 0.3) is 0 Å². The van der Waals surface area contributed by atoms with E-state index in [0.717, 1.165) is 0 Å². The predicted octanol–water partition coefficient (Wildman–Crippen LogP) is 1.78. The van der Waals surface area contributed by atoms with Gasteiger partial charge in [0, 0.05) is 6.54 Å². The van der Waals surface area contributed by atoms with E-state index in [-0.39, 0.29) is 6.10 Å². The molecule has 2 atom stereocenters. The van der Waals surface area contributed by atoms with Crippen LogP contribution in [0.1, 0.15) is 34.1 Å². The van der Waals surface area contributed by atoms with Crippen molar-refractivity contribution in [1.82, 2.24) is 0 Å². The zero-order valence-corrected chi connectivity index (χ0v) is 8.63. The average Bonchev–Trinajstić information content (AvgIpc) is 2.54. The maximum Gasteiger partial charge on any atom is 0.0734 e. The Balaban J connectivity index is 2.37. The summed E-state index contributed by atoms with van der Waals surface area (Å²) in [5.74, 6) is 0.685. The maximum atomic E-state index is 5.73. The Bertz CT molecular complexity index is 154. The van der Waals surface area contributed by atoms with E-state index in [1.165, 1.54) is 6.42 Å². The molecule has 1 aliphatic rings. The lowest BCUT2D eigenvalue weighted by Gasteiger charge is -2.20. The zero-order chi connectivity index (χ0) is 9.35. The quantitative estimate of drug-likeness (QED) is 0.700. The summed E-state index contributed by atoms with van der Waals surface area (Å²) in [5, 5.41) is 0. The summed E-state index contributed by atoms with van der Waals surface area (Å²) in [4.78, 5) is 0. The summed E-state index contributed by atoms with van der Waals surface area (Å²) in [6.45, 7) is 9.36. The largest absolute Gasteiger partial charge is 0.374 e. The molecule has 2 heteroatoms. The molecule has 2 unspecified atom stereocenters. The monoisotopic (exact) mass is 171 g/mol. The van der Waals surface area contributed by atoms with Crippen LogP contribution in [0, 0.1) is 11.3 Å². The van der Waals surface area contributed by atoms with Crippen LogP contribution in [-0.4, -0.2) is 18.8 Å². The summed E-state index contributed by atoms with van der Waals surface area (Å²) >= 11 is 0. The minimum atomic E-state index is 0.278. The van der Waals surface area contributed by atoms with Gasteiger partial charge in [0.2, 0.25) is 0 Å². The molecule has 2 nitrogen and oxygen atoms in total. The lowest BCUT2D eigenvalue weighted by molar-refractivity contribution is -0.00554. The Kier molecular flexibility index (Phi) is 2.79. The van der Waals surface area contributed by atoms with Crippen molar-refractivity contribution >= 4 is 0 Å². The summed E-state index contributed by atoms with van der Waals surface area (Å²) in [5.41, 5.74) is 6.13. The molecule has 0 aromatic carbocycles. The first-order chi connectivity index (χ1) is 5.47. The van der Waals surface area contributed by atoms with Gasteiger partial charge in [0.25, 0.3) is 0 Å². The van der Waals surface area contributed by atoms with Crippen molar-refractivity contribution in [2.75, 3.05) is 6.54 Å². The molecule has 0 bridgehead atoms. The van der Waals surface area contributed by atoms with Crippen molar-refractivity contribution in [3.63, 3.8) is 0 Å². The highest BCUT2D eigenvalue weighted by molar-refractivity contribution is 5.00. The minimum absolute atomic E-state index is 0.278. The zero-order valence-electron chi connectivity index (χ0n) is 8.63. The van der Waals surface area contributed by atoms with Gasteiger partial charge in [0.1, 0.15) is 0 Å². The fourth-order valence-corrected chi connectivity index (χ4v) is 1.81. The maximum absolute atomic E-state index is 5.73. The molecule has 0 saturated heterocycles. The Morgan fingerprint density at radius 2 is 2.00 bits per heavy atom. The third-order valence-corrected chi connectivity index (χ3v) is 2.72. The highest BCUT2D eigenvalue weighted by Gasteiger charge is 2.50. The molecule has 1 aliphatic carbocycles. The van der Waals surface area contributed by atoms with Gasteiger partial charge in [-0.3, -0.25) is 0 Å². The molecule has 0 aliphatic heterocycles. The summed E-state index contributed by atoms with van der Waals surface area (Å²) in [7, 11) is 0. The van der Waals surface area contributed by atoms with Crippen LogP contribution in [0.15, 0.2) is 0 Å². The number of hydrogen-bond donors (Lipinski definition) is 1. The van der Waals surface area contributed by atoms with Gasteiger partial charge in [0.15, 0.2) is 0 Å². The molecule has 1 rings (SSSR count). The van der Waals surface area contributed by atoms with E-state index in [4.69, 9.17) is 10.5 Å². The fraction of sp³-hybridized carbons (Fsp3) is 1.00. The van der Waals surface area contributed by atoms with E-state index >= 15 is 0 Å². The number of ether oxygens (including phenoxy) is 1. The smallest absolute Gasteiger partial charge is 0.0734 e. The number of nitrogens with two attached hydrogens (primary N) is 1.